The Morgan fingerprint density at radius 3 is 2.58 bits per heavy atom. The first-order valence-corrected chi connectivity index (χ1v) is 8.47. The highest BCUT2D eigenvalue weighted by Crippen LogP contribution is 2.17. The molecular formula is C19H26N4O. The average molecular weight is 326 g/mol. The van der Waals surface area contributed by atoms with Crippen molar-refractivity contribution in [2.24, 2.45) is 0 Å². The first-order chi connectivity index (χ1) is 11.5. The molecule has 0 fully saturated rings. The fourth-order valence-corrected chi connectivity index (χ4v) is 2.51. The van der Waals surface area contributed by atoms with E-state index in [1.165, 1.54) is 18.4 Å². The number of aromatic nitrogens is 2. The number of hydrogen-bond donors (Lipinski definition) is 2. The molecule has 1 heterocycles. The molecule has 5 nitrogen and oxygen atoms in total. The average Bonchev–Trinajstić information content (AvgIpc) is 2.53. The highest BCUT2D eigenvalue weighted by molar-refractivity contribution is 6.03. The normalized spacial score (nSPS) is 10.5. The lowest BCUT2D eigenvalue weighted by Crippen LogP contribution is -2.16. The lowest BCUT2D eigenvalue weighted by atomic mass is 10.1. The maximum Gasteiger partial charge on any atom is 0.274 e. The number of nitrogens with one attached hydrogen (secondary N) is 2. The zero-order valence-corrected chi connectivity index (χ0v) is 14.9. The minimum absolute atomic E-state index is 0.218. The van der Waals surface area contributed by atoms with Crippen LogP contribution in [0.15, 0.2) is 24.3 Å². The summed E-state index contributed by atoms with van der Waals surface area (Å²) in [6.45, 7) is 8.83. The number of amides is 1. The van der Waals surface area contributed by atoms with Gasteiger partial charge in [0, 0.05) is 18.3 Å². The monoisotopic (exact) mass is 326 g/mol. The van der Waals surface area contributed by atoms with Gasteiger partial charge in [-0.25, -0.2) is 9.97 Å². The van der Waals surface area contributed by atoms with Crippen molar-refractivity contribution in [3.05, 3.63) is 46.9 Å². The van der Waals surface area contributed by atoms with Crippen LogP contribution in [-0.4, -0.2) is 22.4 Å². The molecule has 0 saturated carbocycles. The third-order valence-electron chi connectivity index (χ3n) is 3.79. The van der Waals surface area contributed by atoms with Crippen molar-refractivity contribution in [2.75, 3.05) is 17.2 Å². The van der Waals surface area contributed by atoms with Crippen molar-refractivity contribution in [3.8, 4) is 0 Å². The lowest BCUT2D eigenvalue weighted by Gasteiger charge is -2.11. The SMILES string of the molecule is CCCCCNc1cc(C(=O)Nc2ccc(C)cc2C)nc(C)n1. The zero-order chi connectivity index (χ0) is 17.5. The van der Waals surface area contributed by atoms with Crippen molar-refractivity contribution in [2.45, 2.75) is 47.0 Å². The molecule has 0 unspecified atom stereocenters. The number of unbranched alkanes of at least 4 members (excludes halogenated alkanes) is 2. The summed E-state index contributed by atoms with van der Waals surface area (Å²) in [5.74, 6) is 1.06. The molecule has 2 rings (SSSR count). The second-order valence-corrected chi connectivity index (χ2v) is 6.09. The van der Waals surface area contributed by atoms with Crippen LogP contribution < -0.4 is 10.6 Å². The molecule has 0 aliphatic rings. The molecule has 1 aromatic carbocycles. The topological polar surface area (TPSA) is 66.9 Å². The molecule has 128 valence electrons. The Bertz CT molecular complexity index is 713. The van der Waals surface area contributed by atoms with E-state index in [-0.39, 0.29) is 5.91 Å². The van der Waals surface area contributed by atoms with Gasteiger partial charge in [-0.05, 0) is 38.8 Å². The Labute approximate surface area is 143 Å². The summed E-state index contributed by atoms with van der Waals surface area (Å²) in [4.78, 5) is 21.1. The van der Waals surface area contributed by atoms with Gasteiger partial charge in [0.2, 0.25) is 0 Å². The van der Waals surface area contributed by atoms with E-state index >= 15 is 0 Å². The zero-order valence-electron chi connectivity index (χ0n) is 14.9. The molecule has 0 aliphatic carbocycles. The van der Waals surface area contributed by atoms with Crippen LogP contribution >= 0.6 is 0 Å². The maximum absolute atomic E-state index is 12.5. The van der Waals surface area contributed by atoms with E-state index in [1.807, 2.05) is 32.0 Å². The lowest BCUT2D eigenvalue weighted by molar-refractivity contribution is 0.102. The molecule has 1 amide bonds. The van der Waals surface area contributed by atoms with Crippen molar-refractivity contribution >= 4 is 17.4 Å². The first-order valence-electron chi connectivity index (χ1n) is 8.47. The molecule has 0 saturated heterocycles. The summed E-state index contributed by atoms with van der Waals surface area (Å²) in [6.07, 6.45) is 3.44. The molecular weight excluding hydrogens is 300 g/mol. The molecule has 24 heavy (non-hydrogen) atoms. The van der Waals surface area contributed by atoms with Crippen molar-refractivity contribution in [1.29, 1.82) is 0 Å². The van der Waals surface area contributed by atoms with Crippen LogP contribution in [0, 0.1) is 20.8 Å². The molecule has 2 N–H and O–H groups in total. The second kappa shape index (κ2) is 8.43. The number of nitrogens with zero attached hydrogens (tertiary/aromatic N) is 2. The van der Waals surface area contributed by atoms with Gasteiger partial charge in [0.15, 0.2) is 0 Å². The maximum atomic E-state index is 12.5. The molecule has 2 aromatic rings. The van der Waals surface area contributed by atoms with E-state index in [9.17, 15) is 4.79 Å². The predicted molar refractivity (Wildman–Crippen MR) is 98.7 cm³/mol. The Hall–Kier alpha value is -2.43. The largest absolute Gasteiger partial charge is 0.370 e. The minimum Gasteiger partial charge on any atom is -0.370 e. The smallest absolute Gasteiger partial charge is 0.274 e. The van der Waals surface area contributed by atoms with Crippen molar-refractivity contribution in [3.63, 3.8) is 0 Å². The van der Waals surface area contributed by atoms with Gasteiger partial charge in [-0.2, -0.15) is 0 Å². The van der Waals surface area contributed by atoms with E-state index in [0.29, 0.717) is 17.3 Å². The quantitative estimate of drug-likeness (QED) is 0.746. The van der Waals surface area contributed by atoms with E-state index in [1.54, 1.807) is 13.0 Å². The van der Waals surface area contributed by atoms with E-state index in [0.717, 1.165) is 24.2 Å². The number of carbonyl (C=O) groups excluding carboxylic acids is 1. The van der Waals surface area contributed by atoms with Gasteiger partial charge < -0.3 is 10.6 Å². The molecule has 1 aromatic heterocycles. The number of carbonyl (C=O) groups is 1. The highest BCUT2D eigenvalue weighted by Gasteiger charge is 2.12. The summed E-state index contributed by atoms with van der Waals surface area (Å²) in [5.41, 5.74) is 3.38. The number of hydrogen-bond acceptors (Lipinski definition) is 4. The van der Waals surface area contributed by atoms with E-state index < -0.39 is 0 Å². The van der Waals surface area contributed by atoms with Gasteiger partial charge in [-0.15, -0.1) is 0 Å². The van der Waals surface area contributed by atoms with Gasteiger partial charge >= 0.3 is 0 Å². The fourth-order valence-electron chi connectivity index (χ4n) is 2.51. The van der Waals surface area contributed by atoms with Crippen LogP contribution in [0.4, 0.5) is 11.5 Å². The van der Waals surface area contributed by atoms with E-state index in [4.69, 9.17) is 0 Å². The predicted octanol–water partition coefficient (Wildman–Crippen LogP) is 4.26. The Kier molecular flexibility index (Phi) is 6.29. The summed E-state index contributed by atoms with van der Waals surface area (Å²) >= 11 is 0. The molecule has 0 radical (unpaired) electrons. The summed E-state index contributed by atoms with van der Waals surface area (Å²) in [7, 11) is 0. The Morgan fingerprint density at radius 1 is 1.08 bits per heavy atom. The Morgan fingerprint density at radius 2 is 1.88 bits per heavy atom. The summed E-state index contributed by atoms with van der Waals surface area (Å²) < 4.78 is 0. The third-order valence-corrected chi connectivity index (χ3v) is 3.79. The number of aryl methyl sites for hydroxylation is 3. The number of benzene rings is 1. The molecule has 0 bridgehead atoms. The van der Waals surface area contributed by atoms with Gasteiger partial charge in [-0.3, -0.25) is 4.79 Å². The molecule has 0 spiro atoms. The van der Waals surface area contributed by atoms with Crippen LogP contribution in [0.5, 0.6) is 0 Å². The third kappa shape index (κ3) is 5.05. The molecule has 0 aliphatic heterocycles. The number of anilines is 2. The van der Waals surface area contributed by atoms with E-state index in [2.05, 4.69) is 27.5 Å². The van der Waals surface area contributed by atoms with Crippen LogP contribution in [0.25, 0.3) is 0 Å². The van der Waals surface area contributed by atoms with Gasteiger partial charge in [0.1, 0.15) is 17.3 Å². The van der Waals surface area contributed by atoms with Crippen LogP contribution in [-0.2, 0) is 0 Å². The first kappa shape index (κ1) is 17.9. The molecule has 5 heteroatoms. The van der Waals surface area contributed by atoms with Crippen molar-refractivity contribution in [1.82, 2.24) is 9.97 Å². The van der Waals surface area contributed by atoms with Crippen LogP contribution in [0.1, 0.15) is 53.6 Å². The highest BCUT2D eigenvalue weighted by atomic mass is 16.1. The second-order valence-electron chi connectivity index (χ2n) is 6.09. The summed E-state index contributed by atoms with van der Waals surface area (Å²) in [6, 6.07) is 7.65. The minimum atomic E-state index is -0.218. The standard InChI is InChI=1S/C19H26N4O/c1-5-6-7-10-20-18-12-17(21-15(4)22-18)19(24)23-16-9-8-13(2)11-14(16)3/h8-9,11-12H,5-7,10H2,1-4H3,(H,23,24)(H,20,21,22). The fraction of sp³-hybridized carbons (Fsp3) is 0.421. The van der Waals surface area contributed by atoms with Gasteiger partial charge in [-0.1, -0.05) is 37.5 Å². The van der Waals surface area contributed by atoms with Crippen LogP contribution in [0.3, 0.4) is 0 Å². The van der Waals surface area contributed by atoms with Crippen molar-refractivity contribution < 1.29 is 4.79 Å². The van der Waals surface area contributed by atoms with Gasteiger partial charge in [0.05, 0.1) is 0 Å². The van der Waals surface area contributed by atoms with Gasteiger partial charge in [0.25, 0.3) is 5.91 Å². The summed E-state index contributed by atoms with van der Waals surface area (Å²) in [5, 5.41) is 6.19. The molecule has 0 atom stereocenters. The van der Waals surface area contributed by atoms with Crippen LogP contribution in [0.2, 0.25) is 0 Å². The Balaban J connectivity index is 2.09. The number of rotatable bonds is 7.